The first kappa shape index (κ1) is 23.6. The topological polar surface area (TPSA) is 105 Å². The van der Waals surface area contributed by atoms with Gasteiger partial charge in [0, 0.05) is 42.3 Å². The number of fused-ring (bicyclic) bond motifs is 1. The molecular weight excluding hydrogens is 476 g/mol. The highest BCUT2D eigenvalue weighted by molar-refractivity contribution is 7.16. The number of rotatable bonds is 7. The van der Waals surface area contributed by atoms with Crippen LogP contribution in [0, 0.1) is 12.8 Å². The second kappa shape index (κ2) is 9.48. The Bertz CT molecular complexity index is 1250. The van der Waals surface area contributed by atoms with Crippen LogP contribution >= 0.6 is 11.3 Å². The maximum absolute atomic E-state index is 13.6. The van der Waals surface area contributed by atoms with Gasteiger partial charge in [0.15, 0.2) is 5.82 Å². The lowest BCUT2D eigenvalue weighted by Gasteiger charge is -2.32. The zero-order valence-electron chi connectivity index (χ0n) is 19.5. The Hall–Kier alpha value is -3.15. The molecule has 2 aliphatic rings. The van der Waals surface area contributed by atoms with Gasteiger partial charge < -0.3 is 15.5 Å². The molecule has 4 heterocycles. The third kappa shape index (κ3) is 4.84. The van der Waals surface area contributed by atoms with Gasteiger partial charge in [0.2, 0.25) is 0 Å². The third-order valence-corrected chi connectivity index (χ3v) is 7.63. The summed E-state index contributed by atoms with van der Waals surface area (Å²) in [4.78, 5) is 36.9. The van der Waals surface area contributed by atoms with E-state index in [4.69, 9.17) is 4.98 Å². The molecule has 12 heteroatoms. The van der Waals surface area contributed by atoms with E-state index in [0.717, 1.165) is 10.4 Å². The van der Waals surface area contributed by atoms with Gasteiger partial charge in [0.05, 0.1) is 11.8 Å². The summed E-state index contributed by atoms with van der Waals surface area (Å²) in [5.74, 6) is 0.150. The number of amides is 2. The molecule has 2 amide bonds. The Morgan fingerprint density at radius 3 is 2.60 bits per heavy atom. The van der Waals surface area contributed by atoms with E-state index in [0.29, 0.717) is 54.7 Å². The van der Waals surface area contributed by atoms with Crippen molar-refractivity contribution in [3.05, 3.63) is 29.0 Å². The molecule has 5 rings (SSSR count). The Labute approximate surface area is 204 Å². The van der Waals surface area contributed by atoms with Crippen molar-refractivity contribution in [3.63, 3.8) is 0 Å². The SMILES string of the molecule is Cc1c(N[C@@H](C)C2CC2)nc(-c2cnn3ccsc23)nc1C(=O)N1CCC(NC(=O)C(F)F)CC1. The molecule has 1 saturated carbocycles. The summed E-state index contributed by atoms with van der Waals surface area (Å²) in [6.45, 7) is 4.65. The Morgan fingerprint density at radius 2 is 1.91 bits per heavy atom. The van der Waals surface area contributed by atoms with Crippen LogP contribution in [0.5, 0.6) is 0 Å². The van der Waals surface area contributed by atoms with E-state index in [-0.39, 0.29) is 18.0 Å². The summed E-state index contributed by atoms with van der Waals surface area (Å²) in [6.07, 6.45) is 3.68. The van der Waals surface area contributed by atoms with E-state index in [2.05, 4.69) is 27.6 Å². The predicted octanol–water partition coefficient (Wildman–Crippen LogP) is 3.36. The second-order valence-corrected chi connectivity index (χ2v) is 10.1. The van der Waals surface area contributed by atoms with Gasteiger partial charge in [-0.2, -0.15) is 13.9 Å². The first-order chi connectivity index (χ1) is 16.8. The van der Waals surface area contributed by atoms with Crippen molar-refractivity contribution >= 4 is 33.8 Å². The molecule has 0 bridgehead atoms. The highest BCUT2D eigenvalue weighted by Crippen LogP contribution is 2.35. The van der Waals surface area contributed by atoms with Gasteiger partial charge in [-0.3, -0.25) is 9.59 Å². The molecule has 2 N–H and O–H groups in total. The first-order valence-corrected chi connectivity index (χ1v) is 12.6. The number of alkyl halides is 2. The number of nitrogens with one attached hydrogen (secondary N) is 2. The van der Waals surface area contributed by atoms with E-state index in [9.17, 15) is 18.4 Å². The number of aromatic nitrogens is 4. The average Bonchev–Trinajstić information content (AvgIpc) is 3.46. The summed E-state index contributed by atoms with van der Waals surface area (Å²) >= 11 is 1.52. The third-order valence-electron chi connectivity index (χ3n) is 6.74. The number of hydrogen-bond acceptors (Lipinski definition) is 7. The lowest BCUT2D eigenvalue weighted by atomic mass is 10.0. The number of halogens is 2. The number of hydrogen-bond donors (Lipinski definition) is 2. The van der Waals surface area contributed by atoms with Gasteiger partial charge in [0.25, 0.3) is 11.8 Å². The normalized spacial score (nSPS) is 17.7. The maximum atomic E-state index is 13.6. The van der Waals surface area contributed by atoms with Crippen LogP contribution in [0.4, 0.5) is 14.6 Å². The number of piperidine rings is 1. The predicted molar refractivity (Wildman–Crippen MR) is 128 cm³/mol. The molecule has 0 spiro atoms. The molecule has 1 atom stereocenters. The number of likely N-dealkylation sites (tertiary alicyclic amines) is 1. The Morgan fingerprint density at radius 1 is 1.17 bits per heavy atom. The van der Waals surface area contributed by atoms with Crippen molar-refractivity contribution < 1.29 is 18.4 Å². The fourth-order valence-electron chi connectivity index (χ4n) is 4.44. The Balaban J connectivity index is 1.42. The van der Waals surface area contributed by atoms with Gasteiger partial charge in [-0.15, -0.1) is 11.3 Å². The Kier molecular flexibility index (Phi) is 6.39. The molecular formula is C23H27F2N7O2S. The van der Waals surface area contributed by atoms with Gasteiger partial charge >= 0.3 is 6.43 Å². The molecule has 0 aromatic carbocycles. The highest BCUT2D eigenvalue weighted by Gasteiger charge is 2.31. The number of carbonyl (C=O) groups excluding carboxylic acids is 2. The summed E-state index contributed by atoms with van der Waals surface area (Å²) in [7, 11) is 0. The number of nitrogens with zero attached hydrogens (tertiary/aromatic N) is 5. The lowest BCUT2D eigenvalue weighted by Crippen LogP contribution is -2.48. The van der Waals surface area contributed by atoms with Crippen molar-refractivity contribution in [2.75, 3.05) is 18.4 Å². The molecule has 3 aromatic heterocycles. The molecule has 1 saturated heterocycles. The second-order valence-electron chi connectivity index (χ2n) is 9.23. The van der Waals surface area contributed by atoms with Crippen LogP contribution < -0.4 is 10.6 Å². The molecule has 1 aliphatic carbocycles. The zero-order chi connectivity index (χ0) is 24.7. The first-order valence-electron chi connectivity index (χ1n) is 11.8. The zero-order valence-corrected chi connectivity index (χ0v) is 20.3. The fourth-order valence-corrected chi connectivity index (χ4v) is 5.23. The number of anilines is 1. The standard InChI is InChI=1S/C23H27F2N7O2S/c1-12-17(22(34)31-7-5-15(6-8-31)28-21(33)18(24)25)29-20(16-11-26-32-9-10-35-23(16)32)30-19(12)27-13(2)14-3-4-14/h9-11,13-15,18H,3-8H2,1-2H3,(H,28,33)(H,27,29,30)/t13-/m0/s1. The van der Waals surface area contributed by atoms with Crippen molar-refractivity contribution in [1.82, 2.24) is 29.8 Å². The van der Waals surface area contributed by atoms with Crippen molar-refractivity contribution in [1.29, 1.82) is 0 Å². The number of carbonyl (C=O) groups is 2. The van der Waals surface area contributed by atoms with Crippen LogP contribution in [-0.4, -0.2) is 67.9 Å². The summed E-state index contributed by atoms with van der Waals surface area (Å²) in [5.41, 5.74) is 1.74. The van der Waals surface area contributed by atoms with Crippen LogP contribution in [0.15, 0.2) is 17.8 Å². The van der Waals surface area contributed by atoms with E-state index in [1.807, 2.05) is 18.5 Å². The van der Waals surface area contributed by atoms with Crippen molar-refractivity contribution in [2.45, 2.75) is 58.0 Å². The van der Waals surface area contributed by atoms with Gasteiger partial charge in [0.1, 0.15) is 16.3 Å². The van der Waals surface area contributed by atoms with Gasteiger partial charge in [-0.25, -0.2) is 14.5 Å². The van der Waals surface area contributed by atoms with Crippen LogP contribution in [0.2, 0.25) is 0 Å². The molecule has 0 unspecified atom stereocenters. The highest BCUT2D eigenvalue weighted by atomic mass is 32.1. The molecule has 186 valence electrons. The fraction of sp³-hybridized carbons (Fsp3) is 0.522. The summed E-state index contributed by atoms with van der Waals surface area (Å²) in [6, 6.07) is -0.152. The average molecular weight is 504 g/mol. The number of thiazole rings is 1. The van der Waals surface area contributed by atoms with Crippen LogP contribution in [0.1, 0.15) is 48.7 Å². The van der Waals surface area contributed by atoms with Crippen LogP contribution in [-0.2, 0) is 4.79 Å². The van der Waals surface area contributed by atoms with Crippen LogP contribution in [0.25, 0.3) is 16.2 Å². The molecule has 9 nitrogen and oxygen atoms in total. The lowest BCUT2D eigenvalue weighted by molar-refractivity contribution is -0.132. The molecule has 1 aliphatic heterocycles. The van der Waals surface area contributed by atoms with E-state index in [1.165, 1.54) is 24.2 Å². The molecule has 0 radical (unpaired) electrons. The molecule has 35 heavy (non-hydrogen) atoms. The molecule has 3 aromatic rings. The largest absolute Gasteiger partial charge is 0.367 e. The van der Waals surface area contributed by atoms with E-state index < -0.39 is 12.3 Å². The summed E-state index contributed by atoms with van der Waals surface area (Å²) in [5, 5.41) is 12.1. The van der Waals surface area contributed by atoms with Crippen LogP contribution in [0.3, 0.4) is 0 Å². The quantitative estimate of drug-likeness (QED) is 0.512. The maximum Gasteiger partial charge on any atom is 0.315 e. The van der Waals surface area contributed by atoms with Gasteiger partial charge in [-0.1, -0.05) is 0 Å². The van der Waals surface area contributed by atoms with Crippen molar-refractivity contribution in [3.8, 4) is 11.4 Å². The van der Waals surface area contributed by atoms with Crippen molar-refractivity contribution in [2.24, 2.45) is 5.92 Å². The monoisotopic (exact) mass is 503 g/mol. The minimum atomic E-state index is -3.04. The van der Waals surface area contributed by atoms with E-state index in [1.54, 1.807) is 15.6 Å². The van der Waals surface area contributed by atoms with E-state index >= 15 is 0 Å². The minimum Gasteiger partial charge on any atom is -0.367 e. The smallest absolute Gasteiger partial charge is 0.315 e. The summed E-state index contributed by atoms with van der Waals surface area (Å²) < 4.78 is 26.9. The minimum absolute atomic E-state index is 0.225. The molecule has 2 fully saturated rings. The van der Waals surface area contributed by atoms with Gasteiger partial charge in [-0.05, 0) is 45.4 Å².